The summed E-state index contributed by atoms with van der Waals surface area (Å²) in [4.78, 5) is 104. The number of nitrogens with one attached hydrogen (secondary N) is 2. The lowest BCUT2D eigenvalue weighted by atomic mass is 10.0. The van der Waals surface area contributed by atoms with E-state index in [-0.39, 0.29) is 57.9 Å². The molecule has 2 aromatic carbocycles. The highest BCUT2D eigenvalue weighted by Crippen LogP contribution is 2.42. The monoisotopic (exact) mass is 853 g/mol. The third-order valence-electron chi connectivity index (χ3n) is 8.37. The Balaban J connectivity index is 1.22. The molecule has 2 aromatic heterocycles. The number of carbonyl (C=O) groups is 7. The first-order chi connectivity index (χ1) is 28.3. The van der Waals surface area contributed by atoms with Gasteiger partial charge in [-0.1, -0.05) is 42.1 Å². The number of thioether (sulfide) groups is 2. The van der Waals surface area contributed by atoms with Gasteiger partial charge in [-0.2, -0.15) is 0 Å². The summed E-state index contributed by atoms with van der Waals surface area (Å²) in [6.07, 6.45) is -1.54. The molecular formula is C35H31N7O15S2. The standard InChI is InChI=1S/C35H31N7O15S2/c1-3-53-34(51)56-21-10-18-20(11-22(21)57-35(52)54-4-2)55-13-19(27(18)45)28(46)36-24(16-8-6-5-7-9-16)29(47)37-25-30(48)42-26(32(49)50)17(14-58-31(25)42)15-59-33-38-39-40-41(33)12-23(43)44/h5-11,13,24-25,31H,3-4,12,14-15H2,1-2H3,(H,36,46)(H,37,47)(H,43,44)(H,49,50)/t24-,25-,31-/m1/s1. The molecule has 0 spiro atoms. The molecule has 308 valence electrons. The molecule has 4 aromatic rings. The van der Waals surface area contributed by atoms with E-state index in [0.29, 0.717) is 5.57 Å². The van der Waals surface area contributed by atoms with Crippen molar-refractivity contribution in [2.75, 3.05) is 24.7 Å². The Labute approximate surface area is 339 Å². The lowest BCUT2D eigenvalue weighted by molar-refractivity contribution is -0.151. The molecule has 1 saturated heterocycles. The Bertz CT molecular complexity index is 2440. The number of carbonyl (C=O) groups excluding carboxylic acids is 5. The predicted octanol–water partition coefficient (Wildman–Crippen LogP) is 1.94. The summed E-state index contributed by atoms with van der Waals surface area (Å²) in [5.74, 6) is -5.97. The molecule has 4 N–H and O–H groups in total. The molecule has 59 heavy (non-hydrogen) atoms. The highest BCUT2D eigenvalue weighted by atomic mass is 32.2. The number of benzene rings is 2. The topological polar surface area (TPSA) is 298 Å². The second-order valence-corrected chi connectivity index (χ2v) is 14.2. The van der Waals surface area contributed by atoms with Crippen molar-refractivity contribution in [2.24, 2.45) is 0 Å². The van der Waals surface area contributed by atoms with Crippen LogP contribution in [0.5, 0.6) is 11.5 Å². The van der Waals surface area contributed by atoms with Gasteiger partial charge in [-0.25, -0.2) is 19.1 Å². The van der Waals surface area contributed by atoms with Gasteiger partial charge in [0.15, 0.2) is 11.5 Å². The largest absolute Gasteiger partial charge is 0.513 e. The van der Waals surface area contributed by atoms with Crippen molar-refractivity contribution in [1.82, 2.24) is 35.7 Å². The zero-order valence-electron chi connectivity index (χ0n) is 30.6. The van der Waals surface area contributed by atoms with E-state index >= 15 is 0 Å². The van der Waals surface area contributed by atoms with Crippen LogP contribution in [0.3, 0.4) is 0 Å². The molecule has 0 saturated carbocycles. The van der Waals surface area contributed by atoms with Crippen LogP contribution in [-0.2, 0) is 35.2 Å². The summed E-state index contributed by atoms with van der Waals surface area (Å²) < 4.78 is 26.4. The van der Waals surface area contributed by atoms with Gasteiger partial charge in [-0.3, -0.25) is 28.9 Å². The fourth-order valence-corrected chi connectivity index (χ4v) is 8.15. The molecule has 2 aliphatic rings. The number of tetrazole rings is 1. The van der Waals surface area contributed by atoms with Gasteiger partial charge in [-0.05, 0) is 41.5 Å². The maximum Gasteiger partial charge on any atom is 0.513 e. The van der Waals surface area contributed by atoms with Crippen LogP contribution in [0.4, 0.5) is 9.59 Å². The number of aromatic nitrogens is 4. The number of β-lactam (4-membered cyclic amide) rings is 1. The molecule has 6 rings (SSSR count). The number of aliphatic carboxylic acids is 2. The van der Waals surface area contributed by atoms with E-state index in [2.05, 4.69) is 26.2 Å². The van der Waals surface area contributed by atoms with Gasteiger partial charge in [0.1, 0.15) is 47.1 Å². The number of nitrogens with zero attached hydrogens (tertiary/aromatic N) is 5. The van der Waals surface area contributed by atoms with E-state index in [1.807, 2.05) is 0 Å². The Kier molecular flexibility index (Phi) is 12.8. The lowest BCUT2D eigenvalue weighted by Crippen LogP contribution is -2.71. The van der Waals surface area contributed by atoms with Crippen molar-refractivity contribution in [3.63, 3.8) is 0 Å². The van der Waals surface area contributed by atoms with E-state index in [1.54, 1.807) is 18.2 Å². The summed E-state index contributed by atoms with van der Waals surface area (Å²) in [6.45, 7) is 2.41. The first kappa shape index (κ1) is 41.7. The third-order valence-corrected chi connectivity index (χ3v) is 10.8. The van der Waals surface area contributed by atoms with Gasteiger partial charge in [0.25, 0.3) is 11.8 Å². The van der Waals surface area contributed by atoms with E-state index < -0.39 is 82.7 Å². The van der Waals surface area contributed by atoms with Crippen molar-refractivity contribution in [1.29, 1.82) is 0 Å². The molecule has 24 heteroatoms. The SMILES string of the molecule is CCOC(=O)Oc1cc2occ(C(=O)N[C@@H](C(=O)N[C@@H]3C(=O)N4C(C(=O)O)=C(CSc5nnnn5CC(=O)O)CS[C@H]34)c3ccccc3)c(=O)c2cc1OC(=O)OCC. The normalized spacial score (nSPS) is 16.3. The van der Waals surface area contributed by atoms with E-state index in [4.69, 9.17) is 28.5 Å². The van der Waals surface area contributed by atoms with Crippen LogP contribution in [0.25, 0.3) is 11.0 Å². The summed E-state index contributed by atoms with van der Waals surface area (Å²) >= 11 is 2.16. The Morgan fingerprint density at radius 3 is 2.32 bits per heavy atom. The van der Waals surface area contributed by atoms with Crippen LogP contribution < -0.4 is 25.5 Å². The van der Waals surface area contributed by atoms with Gasteiger partial charge < -0.3 is 44.2 Å². The van der Waals surface area contributed by atoms with Gasteiger partial charge in [0, 0.05) is 17.6 Å². The minimum atomic E-state index is -1.49. The number of rotatable bonds is 15. The zero-order chi connectivity index (χ0) is 42.4. The fourth-order valence-electron chi connectivity index (χ4n) is 5.79. The average molecular weight is 854 g/mol. The molecule has 3 amide bonds. The molecule has 3 atom stereocenters. The number of ether oxygens (including phenoxy) is 4. The van der Waals surface area contributed by atoms with Crippen molar-refractivity contribution in [3.8, 4) is 11.5 Å². The van der Waals surface area contributed by atoms with Crippen LogP contribution in [0.15, 0.2) is 74.4 Å². The smallest absolute Gasteiger partial charge is 0.480 e. The van der Waals surface area contributed by atoms with Crippen LogP contribution in [0.1, 0.15) is 35.8 Å². The summed E-state index contributed by atoms with van der Waals surface area (Å²) in [5, 5.41) is 34.1. The summed E-state index contributed by atoms with van der Waals surface area (Å²) in [5.41, 5.74) is -1.42. The first-order valence-electron chi connectivity index (χ1n) is 17.3. The quantitative estimate of drug-likeness (QED) is 0.0575. The Hall–Kier alpha value is -6.95. The van der Waals surface area contributed by atoms with Gasteiger partial charge in [0.05, 0.1) is 18.6 Å². The van der Waals surface area contributed by atoms with E-state index in [0.717, 1.165) is 39.7 Å². The summed E-state index contributed by atoms with van der Waals surface area (Å²) in [7, 11) is 0. The van der Waals surface area contributed by atoms with E-state index in [1.165, 1.54) is 37.7 Å². The van der Waals surface area contributed by atoms with Crippen molar-refractivity contribution in [3.05, 3.63) is 81.3 Å². The minimum absolute atomic E-state index is 0.00922. The molecule has 4 heterocycles. The van der Waals surface area contributed by atoms with Crippen molar-refractivity contribution in [2.45, 2.75) is 43.0 Å². The number of hydrogen-bond acceptors (Lipinski definition) is 18. The average Bonchev–Trinajstić information content (AvgIpc) is 3.64. The Morgan fingerprint density at radius 1 is 1.00 bits per heavy atom. The third kappa shape index (κ3) is 9.12. The van der Waals surface area contributed by atoms with Crippen molar-refractivity contribution >= 4 is 76.5 Å². The second-order valence-electron chi connectivity index (χ2n) is 12.1. The van der Waals surface area contributed by atoms with Gasteiger partial charge in [0.2, 0.25) is 16.5 Å². The van der Waals surface area contributed by atoms with Crippen LogP contribution in [0, 0.1) is 0 Å². The lowest BCUT2D eigenvalue weighted by Gasteiger charge is -2.49. The number of hydrogen-bond donors (Lipinski definition) is 4. The van der Waals surface area contributed by atoms with Crippen LogP contribution in [0.2, 0.25) is 0 Å². The van der Waals surface area contributed by atoms with Crippen molar-refractivity contribution < 1.29 is 67.1 Å². The molecule has 0 radical (unpaired) electrons. The zero-order valence-corrected chi connectivity index (χ0v) is 32.3. The number of carboxylic acid groups (broad SMARTS) is 2. The number of carboxylic acids is 2. The molecule has 22 nitrogen and oxygen atoms in total. The van der Waals surface area contributed by atoms with Gasteiger partial charge in [-0.15, -0.1) is 16.9 Å². The molecule has 1 fully saturated rings. The number of fused-ring (bicyclic) bond motifs is 2. The summed E-state index contributed by atoms with van der Waals surface area (Å²) in [6, 6.07) is 7.22. The maximum absolute atomic E-state index is 13.9. The Morgan fingerprint density at radius 2 is 1.68 bits per heavy atom. The second kappa shape index (κ2) is 18.1. The first-order valence-corrected chi connectivity index (χ1v) is 19.3. The minimum Gasteiger partial charge on any atom is -0.480 e. The van der Waals surface area contributed by atoms with Crippen LogP contribution >= 0.6 is 23.5 Å². The maximum atomic E-state index is 13.9. The van der Waals surface area contributed by atoms with E-state index in [9.17, 15) is 43.5 Å². The van der Waals surface area contributed by atoms with Gasteiger partial charge >= 0.3 is 24.2 Å². The fraction of sp³-hybridized carbons (Fsp3) is 0.286. The highest BCUT2D eigenvalue weighted by molar-refractivity contribution is 8.01. The molecular weight excluding hydrogens is 823 g/mol. The highest BCUT2D eigenvalue weighted by Gasteiger charge is 2.54. The molecule has 0 unspecified atom stereocenters. The molecule has 0 bridgehead atoms. The van der Waals surface area contributed by atoms with Crippen LogP contribution in [-0.4, -0.2) is 113 Å². The predicted molar refractivity (Wildman–Crippen MR) is 200 cm³/mol. The molecule has 2 aliphatic heterocycles. The number of amides is 3. The molecule has 0 aliphatic carbocycles.